The van der Waals surface area contributed by atoms with Gasteiger partial charge in [-0.3, -0.25) is 9.97 Å². The normalized spacial score (nSPS) is 19.9. The van der Waals surface area contributed by atoms with Crippen molar-refractivity contribution in [2.75, 3.05) is 33.0 Å². The quantitative estimate of drug-likeness (QED) is 0.401. The summed E-state index contributed by atoms with van der Waals surface area (Å²) in [6.45, 7) is 4.04. The summed E-state index contributed by atoms with van der Waals surface area (Å²) in [5.74, 6) is -0.645. The Morgan fingerprint density at radius 1 is 1.12 bits per heavy atom. The monoisotopic (exact) mass is 483 g/mol. The fourth-order valence-corrected chi connectivity index (χ4v) is 4.62. The van der Waals surface area contributed by atoms with Crippen LogP contribution in [0.1, 0.15) is 19.0 Å². The average molecular weight is 484 g/mol. The Balaban J connectivity index is 0.00000259. The van der Waals surface area contributed by atoms with Crippen molar-refractivity contribution in [3.05, 3.63) is 48.3 Å². The number of hydrogen-bond acceptors (Lipinski definition) is 8. The number of benzene rings is 1. The van der Waals surface area contributed by atoms with E-state index in [0.717, 1.165) is 11.0 Å². The first kappa shape index (κ1) is 24.9. The van der Waals surface area contributed by atoms with Crippen LogP contribution in [-0.4, -0.2) is 93.7 Å². The first-order chi connectivity index (χ1) is 15.5. The standard InChI is InChI=1S/C22H25N3O6S.Na.H/c1-21(30-14-22(15-31-21)28-10-11-29-22)7-9-27-17-6-8-23-16(12-17)13-32(26)20-24-18-4-2-3-5-19(18)25-20;;/h2-6,8,12H,7,9-11,13-15H2,1H3,(H,24,25);;. The predicted octanol–water partition coefficient (Wildman–Crippen LogP) is 1.89. The number of nitrogens with one attached hydrogen (secondary N) is 1. The predicted molar refractivity (Wildman–Crippen MR) is 123 cm³/mol. The molecular weight excluding hydrogens is 457 g/mol. The van der Waals surface area contributed by atoms with E-state index >= 15 is 0 Å². The number of aromatic amines is 1. The second-order valence-electron chi connectivity index (χ2n) is 7.95. The van der Waals surface area contributed by atoms with Gasteiger partial charge in [-0.05, 0) is 25.1 Å². The molecule has 11 heteroatoms. The summed E-state index contributed by atoms with van der Waals surface area (Å²) in [4.78, 5) is 11.8. The van der Waals surface area contributed by atoms with Crippen LogP contribution in [0.2, 0.25) is 0 Å². The van der Waals surface area contributed by atoms with Crippen LogP contribution < -0.4 is 4.74 Å². The summed E-state index contributed by atoms with van der Waals surface area (Å²) >= 11 is -1.34. The van der Waals surface area contributed by atoms with Crippen LogP contribution in [-0.2, 0) is 35.9 Å². The third-order valence-corrected chi connectivity index (χ3v) is 6.67. The van der Waals surface area contributed by atoms with E-state index in [-0.39, 0.29) is 35.3 Å². The third-order valence-electron chi connectivity index (χ3n) is 5.48. The summed E-state index contributed by atoms with van der Waals surface area (Å²) in [6, 6.07) is 11.2. The van der Waals surface area contributed by atoms with Gasteiger partial charge in [0, 0.05) is 29.9 Å². The first-order valence-corrected chi connectivity index (χ1v) is 11.8. The Labute approximate surface area is 217 Å². The van der Waals surface area contributed by atoms with Crippen LogP contribution in [0.5, 0.6) is 5.75 Å². The minimum atomic E-state index is -1.34. The van der Waals surface area contributed by atoms with Gasteiger partial charge in [-0.1, -0.05) is 12.1 Å². The zero-order valence-electron chi connectivity index (χ0n) is 17.7. The molecule has 0 saturated carbocycles. The molecule has 2 aliphatic heterocycles. The summed E-state index contributed by atoms with van der Waals surface area (Å²) < 4.78 is 41.6. The molecule has 172 valence electrons. The number of hydrogen-bond donors (Lipinski definition) is 1. The van der Waals surface area contributed by atoms with E-state index in [2.05, 4.69) is 15.0 Å². The molecule has 1 aromatic carbocycles. The van der Waals surface area contributed by atoms with Crippen molar-refractivity contribution >= 4 is 51.8 Å². The molecule has 9 nitrogen and oxygen atoms in total. The Kier molecular flexibility index (Phi) is 7.99. The van der Waals surface area contributed by atoms with Crippen molar-refractivity contribution in [3.8, 4) is 5.75 Å². The molecule has 1 atom stereocenters. The molecule has 0 amide bonds. The van der Waals surface area contributed by atoms with Crippen molar-refractivity contribution in [1.82, 2.24) is 15.0 Å². The Morgan fingerprint density at radius 2 is 1.88 bits per heavy atom. The van der Waals surface area contributed by atoms with Gasteiger partial charge < -0.3 is 28.2 Å². The number of imidazole rings is 1. The number of H-pyrrole nitrogens is 1. The van der Waals surface area contributed by atoms with E-state index in [1.54, 1.807) is 18.3 Å². The molecule has 1 unspecified atom stereocenters. The van der Waals surface area contributed by atoms with Crippen molar-refractivity contribution in [3.63, 3.8) is 0 Å². The summed E-state index contributed by atoms with van der Waals surface area (Å²) in [6.07, 6.45) is 2.18. The van der Waals surface area contributed by atoms with Crippen LogP contribution in [0.25, 0.3) is 11.0 Å². The van der Waals surface area contributed by atoms with E-state index in [1.165, 1.54) is 0 Å². The molecule has 1 N–H and O–H groups in total. The van der Waals surface area contributed by atoms with Gasteiger partial charge >= 0.3 is 34.7 Å². The van der Waals surface area contributed by atoms with Crippen LogP contribution in [0, 0.1) is 0 Å². The second-order valence-corrected chi connectivity index (χ2v) is 9.32. The molecule has 2 fully saturated rings. The van der Waals surface area contributed by atoms with E-state index in [1.807, 2.05) is 31.2 Å². The van der Waals surface area contributed by atoms with Gasteiger partial charge in [0.05, 0.1) is 36.5 Å². The Bertz CT molecular complexity index is 1030. The first-order valence-electron chi connectivity index (χ1n) is 10.5. The second kappa shape index (κ2) is 10.6. The molecule has 2 aromatic heterocycles. The number of nitrogens with zero attached hydrogens (tertiary/aromatic N) is 2. The summed E-state index contributed by atoms with van der Waals surface area (Å²) in [5, 5.41) is 0.437. The molecule has 3 aromatic rings. The zero-order valence-corrected chi connectivity index (χ0v) is 18.6. The van der Waals surface area contributed by atoms with Crippen molar-refractivity contribution < 1.29 is 28.2 Å². The number of rotatable bonds is 7. The number of ether oxygens (including phenoxy) is 5. The zero-order chi connectivity index (χ0) is 22.0. The number of para-hydroxylation sites is 2. The van der Waals surface area contributed by atoms with E-state index in [0.29, 0.717) is 56.1 Å². The molecule has 1 spiro atoms. The Hall–Kier alpha value is -1.21. The van der Waals surface area contributed by atoms with Gasteiger partial charge in [0.1, 0.15) is 19.0 Å². The van der Waals surface area contributed by atoms with Gasteiger partial charge in [-0.25, -0.2) is 0 Å². The fourth-order valence-electron chi connectivity index (χ4n) is 3.64. The molecule has 0 bridgehead atoms. The van der Waals surface area contributed by atoms with Crippen LogP contribution >= 0.6 is 0 Å². The third kappa shape index (κ3) is 5.90. The van der Waals surface area contributed by atoms with Crippen LogP contribution in [0.3, 0.4) is 0 Å². The van der Waals surface area contributed by atoms with E-state index in [9.17, 15) is 4.55 Å². The van der Waals surface area contributed by atoms with Gasteiger partial charge in [0.25, 0.3) is 0 Å². The van der Waals surface area contributed by atoms with Crippen molar-refractivity contribution in [2.45, 2.75) is 35.8 Å². The molecule has 4 heterocycles. The molecule has 33 heavy (non-hydrogen) atoms. The molecule has 2 saturated heterocycles. The van der Waals surface area contributed by atoms with E-state index in [4.69, 9.17) is 23.7 Å². The summed E-state index contributed by atoms with van der Waals surface area (Å²) in [5.41, 5.74) is 2.31. The number of aromatic nitrogens is 3. The van der Waals surface area contributed by atoms with Gasteiger partial charge in [0.15, 0.2) is 11.5 Å². The van der Waals surface area contributed by atoms with Gasteiger partial charge in [-0.15, -0.1) is 0 Å². The maximum atomic E-state index is 12.7. The topological polar surface area (TPSA) is 111 Å². The van der Waals surface area contributed by atoms with E-state index < -0.39 is 22.8 Å². The minimum absolute atomic E-state index is 0. The number of pyridine rings is 1. The maximum absolute atomic E-state index is 12.7. The molecule has 0 aliphatic carbocycles. The van der Waals surface area contributed by atoms with Crippen molar-refractivity contribution in [2.24, 2.45) is 0 Å². The van der Waals surface area contributed by atoms with Crippen LogP contribution in [0.15, 0.2) is 47.8 Å². The molecular formula is C22H26N3NaO6S. The van der Waals surface area contributed by atoms with Crippen molar-refractivity contribution in [1.29, 1.82) is 0 Å². The van der Waals surface area contributed by atoms with Gasteiger partial charge in [0.2, 0.25) is 5.79 Å². The van der Waals surface area contributed by atoms with Gasteiger partial charge in [-0.2, -0.15) is 4.98 Å². The Morgan fingerprint density at radius 3 is 2.64 bits per heavy atom. The fraction of sp³-hybridized carbons (Fsp3) is 0.455. The SMILES string of the molecule is CC1(CCOc2ccnc(C[S+]([O-])c3nc4ccccc4[nH]3)c2)OCC2(CO1)OCCO2.[NaH]. The van der Waals surface area contributed by atoms with Crippen LogP contribution in [0.4, 0.5) is 0 Å². The molecule has 5 rings (SSSR count). The average Bonchev–Trinajstić information content (AvgIpc) is 3.44. The molecule has 2 aliphatic rings. The number of fused-ring (bicyclic) bond motifs is 1. The molecule has 0 radical (unpaired) electrons. The summed E-state index contributed by atoms with van der Waals surface area (Å²) in [7, 11) is 0.